The predicted octanol–water partition coefficient (Wildman–Crippen LogP) is 14.8. The topological polar surface area (TPSA) is 3.24 Å². The molecule has 0 radical (unpaired) electrons. The number of nitrogens with zero attached hydrogens (tertiary/aromatic N) is 1. The Hall–Kier alpha value is -6.96. The maximum absolute atomic E-state index is 2.35. The standard InChI is InChI=1S/C52H35N/c1-2-16-40(17-3-1)53(42-32-28-37(29-33-42)51-34-38-14-4-6-19-44(38)46-21-10-12-24-49(46)51)41-30-26-36(27-31-41)43-18-8-9-23-48(43)52-35-39-15-5-7-20-45(39)47-22-11-13-25-50(47)52/h1-35H. The molecule has 0 aliphatic heterocycles. The second-order valence-corrected chi connectivity index (χ2v) is 13.7. The van der Waals surface area contributed by atoms with Gasteiger partial charge in [0.25, 0.3) is 0 Å². The Morgan fingerprint density at radius 3 is 1.17 bits per heavy atom. The molecular weight excluding hydrogens is 639 g/mol. The highest BCUT2D eigenvalue weighted by molar-refractivity contribution is 6.15. The van der Waals surface area contributed by atoms with E-state index in [1.54, 1.807) is 0 Å². The Morgan fingerprint density at radius 2 is 0.604 bits per heavy atom. The van der Waals surface area contributed by atoms with Crippen molar-refractivity contribution < 1.29 is 0 Å². The molecule has 0 aliphatic carbocycles. The summed E-state index contributed by atoms with van der Waals surface area (Å²) in [7, 11) is 0. The fourth-order valence-corrected chi connectivity index (χ4v) is 8.14. The smallest absolute Gasteiger partial charge is 0.0462 e. The van der Waals surface area contributed by atoms with Crippen LogP contribution in [0.15, 0.2) is 212 Å². The normalized spacial score (nSPS) is 11.4. The van der Waals surface area contributed by atoms with Crippen molar-refractivity contribution >= 4 is 60.2 Å². The van der Waals surface area contributed by atoms with Gasteiger partial charge in [0.15, 0.2) is 0 Å². The maximum Gasteiger partial charge on any atom is 0.0462 e. The molecule has 0 N–H and O–H groups in total. The van der Waals surface area contributed by atoms with Crippen molar-refractivity contribution in [2.75, 3.05) is 4.90 Å². The van der Waals surface area contributed by atoms with Gasteiger partial charge in [-0.25, -0.2) is 0 Å². The molecule has 0 saturated carbocycles. The van der Waals surface area contributed by atoms with Gasteiger partial charge in [-0.15, -0.1) is 0 Å². The molecule has 0 unspecified atom stereocenters. The summed E-state index contributed by atoms with van der Waals surface area (Å²) in [5.74, 6) is 0. The molecule has 0 aliphatic rings. The van der Waals surface area contributed by atoms with E-state index in [2.05, 4.69) is 217 Å². The third-order valence-corrected chi connectivity index (χ3v) is 10.6. The summed E-state index contributed by atoms with van der Waals surface area (Å²) in [5, 5.41) is 10.2. The zero-order valence-electron chi connectivity index (χ0n) is 29.2. The lowest BCUT2D eigenvalue weighted by atomic mass is 9.89. The van der Waals surface area contributed by atoms with E-state index in [0.29, 0.717) is 0 Å². The highest BCUT2D eigenvalue weighted by atomic mass is 15.1. The predicted molar refractivity (Wildman–Crippen MR) is 227 cm³/mol. The first-order valence-corrected chi connectivity index (χ1v) is 18.3. The van der Waals surface area contributed by atoms with Crippen molar-refractivity contribution in [1.82, 2.24) is 0 Å². The van der Waals surface area contributed by atoms with Crippen LogP contribution in [0.4, 0.5) is 17.1 Å². The molecule has 1 nitrogen and oxygen atoms in total. The monoisotopic (exact) mass is 673 g/mol. The average molecular weight is 674 g/mol. The van der Waals surface area contributed by atoms with Gasteiger partial charge in [-0.2, -0.15) is 0 Å². The Balaban J connectivity index is 1.05. The summed E-state index contributed by atoms with van der Waals surface area (Å²) >= 11 is 0. The van der Waals surface area contributed by atoms with Gasteiger partial charge in [0.1, 0.15) is 0 Å². The molecule has 0 bridgehead atoms. The van der Waals surface area contributed by atoms with Gasteiger partial charge in [0, 0.05) is 17.1 Å². The summed E-state index contributed by atoms with van der Waals surface area (Å²) in [6.45, 7) is 0. The summed E-state index contributed by atoms with van der Waals surface area (Å²) in [6, 6.07) is 77.1. The second kappa shape index (κ2) is 13.0. The summed E-state index contributed by atoms with van der Waals surface area (Å²) < 4.78 is 0. The lowest BCUT2D eigenvalue weighted by Crippen LogP contribution is -2.09. The van der Waals surface area contributed by atoms with Crippen molar-refractivity contribution in [2.24, 2.45) is 0 Å². The number of fused-ring (bicyclic) bond motifs is 6. The molecule has 1 heteroatoms. The third-order valence-electron chi connectivity index (χ3n) is 10.6. The molecule has 10 aromatic rings. The molecule has 0 heterocycles. The minimum Gasteiger partial charge on any atom is -0.311 e. The van der Waals surface area contributed by atoms with Crippen LogP contribution < -0.4 is 4.90 Å². The van der Waals surface area contributed by atoms with Crippen LogP contribution >= 0.6 is 0 Å². The van der Waals surface area contributed by atoms with Crippen LogP contribution in [-0.2, 0) is 0 Å². The molecule has 0 saturated heterocycles. The van der Waals surface area contributed by atoms with Crippen molar-refractivity contribution in [3.8, 4) is 33.4 Å². The van der Waals surface area contributed by atoms with E-state index in [1.165, 1.54) is 76.5 Å². The molecule has 0 fully saturated rings. The molecule has 0 atom stereocenters. The molecule has 0 amide bonds. The van der Waals surface area contributed by atoms with E-state index in [-0.39, 0.29) is 0 Å². The fraction of sp³-hybridized carbons (Fsp3) is 0. The Labute approximate surface area is 309 Å². The second-order valence-electron chi connectivity index (χ2n) is 13.7. The summed E-state index contributed by atoms with van der Waals surface area (Å²) in [6.07, 6.45) is 0. The van der Waals surface area contributed by atoms with Gasteiger partial charge >= 0.3 is 0 Å². The summed E-state index contributed by atoms with van der Waals surface area (Å²) in [5.41, 5.74) is 10.7. The Kier molecular flexibility index (Phi) is 7.55. The largest absolute Gasteiger partial charge is 0.311 e. The molecule has 248 valence electrons. The van der Waals surface area contributed by atoms with Crippen LogP contribution in [0.25, 0.3) is 76.5 Å². The van der Waals surface area contributed by atoms with Crippen LogP contribution in [0.3, 0.4) is 0 Å². The highest BCUT2D eigenvalue weighted by Gasteiger charge is 2.16. The number of hydrogen-bond donors (Lipinski definition) is 0. The van der Waals surface area contributed by atoms with Crippen molar-refractivity contribution in [1.29, 1.82) is 0 Å². The fourth-order valence-electron chi connectivity index (χ4n) is 8.14. The van der Waals surface area contributed by atoms with E-state index in [9.17, 15) is 0 Å². The molecule has 10 aromatic carbocycles. The van der Waals surface area contributed by atoms with E-state index >= 15 is 0 Å². The van der Waals surface area contributed by atoms with Gasteiger partial charge in [-0.3, -0.25) is 0 Å². The molecule has 0 aromatic heterocycles. The van der Waals surface area contributed by atoms with Gasteiger partial charge in [-0.1, -0.05) is 164 Å². The number of anilines is 3. The van der Waals surface area contributed by atoms with Crippen LogP contribution in [0.2, 0.25) is 0 Å². The molecule has 0 spiro atoms. The zero-order valence-corrected chi connectivity index (χ0v) is 29.2. The third kappa shape index (κ3) is 5.42. The first kappa shape index (κ1) is 30.8. The van der Waals surface area contributed by atoms with Gasteiger partial charge < -0.3 is 4.90 Å². The van der Waals surface area contributed by atoms with Crippen molar-refractivity contribution in [2.45, 2.75) is 0 Å². The Bertz CT molecular complexity index is 2920. The number of benzene rings is 10. The SMILES string of the molecule is c1ccc(N(c2ccc(-c3ccccc3-c3cc4ccccc4c4ccccc34)cc2)c2ccc(-c3cc4ccccc4c4ccccc34)cc2)cc1. The quantitative estimate of drug-likeness (QED) is 0.159. The zero-order chi connectivity index (χ0) is 35.1. The van der Waals surface area contributed by atoms with E-state index in [1.807, 2.05) is 0 Å². The minimum absolute atomic E-state index is 1.11. The lowest BCUT2D eigenvalue weighted by molar-refractivity contribution is 1.28. The van der Waals surface area contributed by atoms with Crippen molar-refractivity contribution in [3.63, 3.8) is 0 Å². The molecular formula is C52H35N. The van der Waals surface area contributed by atoms with Crippen LogP contribution in [-0.4, -0.2) is 0 Å². The van der Waals surface area contributed by atoms with Gasteiger partial charge in [0.05, 0.1) is 0 Å². The lowest BCUT2D eigenvalue weighted by Gasteiger charge is -2.26. The van der Waals surface area contributed by atoms with Gasteiger partial charge in [-0.05, 0) is 125 Å². The van der Waals surface area contributed by atoms with Crippen LogP contribution in [0.5, 0.6) is 0 Å². The average Bonchev–Trinajstić information content (AvgIpc) is 3.24. The number of para-hydroxylation sites is 1. The Morgan fingerprint density at radius 1 is 0.226 bits per heavy atom. The minimum atomic E-state index is 1.11. The van der Waals surface area contributed by atoms with Crippen LogP contribution in [0, 0.1) is 0 Å². The van der Waals surface area contributed by atoms with Crippen LogP contribution in [0.1, 0.15) is 0 Å². The molecule has 53 heavy (non-hydrogen) atoms. The maximum atomic E-state index is 2.35. The van der Waals surface area contributed by atoms with Gasteiger partial charge in [0.2, 0.25) is 0 Å². The van der Waals surface area contributed by atoms with E-state index < -0.39 is 0 Å². The van der Waals surface area contributed by atoms with E-state index in [0.717, 1.165) is 17.1 Å². The van der Waals surface area contributed by atoms with E-state index in [4.69, 9.17) is 0 Å². The summed E-state index contributed by atoms with van der Waals surface area (Å²) in [4.78, 5) is 2.34. The number of rotatable bonds is 6. The van der Waals surface area contributed by atoms with Crippen molar-refractivity contribution in [3.05, 3.63) is 212 Å². The molecule has 10 rings (SSSR count). The number of hydrogen-bond acceptors (Lipinski definition) is 1. The first-order chi connectivity index (χ1) is 26.3. The first-order valence-electron chi connectivity index (χ1n) is 18.3. The highest BCUT2D eigenvalue weighted by Crippen LogP contribution is 2.42.